The van der Waals surface area contributed by atoms with Crippen molar-refractivity contribution in [3.05, 3.63) is 59.9 Å². The number of hydrogen-bond donors (Lipinski definition) is 1. The van der Waals surface area contributed by atoms with Crippen molar-refractivity contribution >= 4 is 23.2 Å². The number of nitrogens with one attached hydrogen (secondary N) is 1. The Kier molecular flexibility index (Phi) is 3.99. The minimum absolute atomic E-state index is 0.239. The highest BCUT2D eigenvalue weighted by Crippen LogP contribution is 2.31. The molecule has 0 fully saturated rings. The molecule has 7 nitrogen and oxygen atoms in total. The molecule has 0 bridgehead atoms. The molecule has 7 heteroatoms. The van der Waals surface area contributed by atoms with E-state index < -0.39 is 0 Å². The van der Waals surface area contributed by atoms with Gasteiger partial charge in [-0.05, 0) is 38.1 Å². The molecule has 3 aromatic rings. The minimum atomic E-state index is -0.297. The first-order valence-corrected chi connectivity index (χ1v) is 8.69. The average Bonchev–Trinajstić information content (AvgIpc) is 3.23. The molecule has 27 heavy (non-hydrogen) atoms. The van der Waals surface area contributed by atoms with Crippen LogP contribution in [0, 0.1) is 0 Å². The molecule has 0 spiro atoms. The van der Waals surface area contributed by atoms with Crippen LogP contribution in [0.25, 0.3) is 11.4 Å². The normalized spacial score (nSPS) is 13.4. The molecule has 136 valence electrons. The van der Waals surface area contributed by atoms with Crippen LogP contribution >= 0.6 is 0 Å². The van der Waals surface area contributed by atoms with Gasteiger partial charge in [0.2, 0.25) is 0 Å². The second kappa shape index (κ2) is 6.35. The predicted molar refractivity (Wildman–Crippen MR) is 102 cm³/mol. The van der Waals surface area contributed by atoms with Crippen LogP contribution in [-0.2, 0) is 0 Å². The van der Waals surface area contributed by atoms with Gasteiger partial charge in [-0.3, -0.25) is 14.5 Å². The van der Waals surface area contributed by atoms with E-state index in [2.05, 4.69) is 29.4 Å². The standard InChI is InChI=1S/C20H19N5O2/c1-12(2)25-11-21-23-18(25)13-6-4-7-14(10-13)22-16-9-5-8-15-17(16)20(27)24(3)19(15)26/h4-12,22H,1-3H3. The Morgan fingerprint density at radius 1 is 1.04 bits per heavy atom. The van der Waals surface area contributed by atoms with Gasteiger partial charge in [-0.25, -0.2) is 0 Å². The van der Waals surface area contributed by atoms with Gasteiger partial charge in [-0.2, -0.15) is 0 Å². The number of carbonyl (C=O) groups excluding carboxylic acids is 2. The van der Waals surface area contributed by atoms with Crippen molar-refractivity contribution in [1.29, 1.82) is 0 Å². The highest BCUT2D eigenvalue weighted by atomic mass is 16.2. The van der Waals surface area contributed by atoms with E-state index in [-0.39, 0.29) is 17.9 Å². The molecule has 2 heterocycles. The molecule has 0 saturated heterocycles. The number of carbonyl (C=O) groups is 2. The Labute approximate surface area is 156 Å². The van der Waals surface area contributed by atoms with E-state index in [9.17, 15) is 9.59 Å². The molecule has 0 radical (unpaired) electrons. The highest BCUT2D eigenvalue weighted by molar-refractivity contribution is 6.23. The van der Waals surface area contributed by atoms with Crippen molar-refractivity contribution < 1.29 is 9.59 Å². The number of amides is 2. The number of benzene rings is 2. The molecule has 0 unspecified atom stereocenters. The quantitative estimate of drug-likeness (QED) is 0.720. The number of fused-ring (bicyclic) bond motifs is 1. The van der Waals surface area contributed by atoms with Gasteiger partial charge < -0.3 is 9.88 Å². The van der Waals surface area contributed by atoms with Crippen molar-refractivity contribution in [2.45, 2.75) is 19.9 Å². The lowest BCUT2D eigenvalue weighted by Crippen LogP contribution is -2.24. The monoisotopic (exact) mass is 361 g/mol. The summed E-state index contributed by atoms with van der Waals surface area (Å²) >= 11 is 0. The van der Waals surface area contributed by atoms with Crippen molar-refractivity contribution in [2.75, 3.05) is 12.4 Å². The highest BCUT2D eigenvalue weighted by Gasteiger charge is 2.34. The topological polar surface area (TPSA) is 80.1 Å². The number of imide groups is 1. The Morgan fingerprint density at radius 3 is 2.59 bits per heavy atom. The summed E-state index contributed by atoms with van der Waals surface area (Å²) in [5, 5.41) is 11.5. The molecule has 1 N–H and O–H groups in total. The lowest BCUT2D eigenvalue weighted by molar-refractivity contribution is 0.0693. The summed E-state index contributed by atoms with van der Waals surface area (Å²) in [4.78, 5) is 25.8. The zero-order valence-corrected chi connectivity index (χ0v) is 15.3. The van der Waals surface area contributed by atoms with E-state index in [1.165, 1.54) is 7.05 Å². The molecule has 0 aliphatic carbocycles. The molecule has 1 aliphatic heterocycles. The molecule has 4 rings (SSSR count). The van der Waals surface area contributed by atoms with Gasteiger partial charge in [-0.1, -0.05) is 18.2 Å². The SMILES string of the molecule is CC(C)n1cnnc1-c1cccc(Nc2cccc3c2C(=O)N(C)C3=O)c1. The number of hydrogen-bond acceptors (Lipinski definition) is 5. The summed E-state index contributed by atoms with van der Waals surface area (Å²) in [6.45, 7) is 4.14. The second-order valence-corrected chi connectivity index (χ2v) is 6.76. The number of nitrogens with zero attached hydrogens (tertiary/aromatic N) is 4. The maximum atomic E-state index is 12.4. The smallest absolute Gasteiger partial charge is 0.263 e. The molecular weight excluding hydrogens is 342 g/mol. The maximum Gasteiger partial charge on any atom is 0.263 e. The van der Waals surface area contributed by atoms with E-state index in [0.29, 0.717) is 16.8 Å². The van der Waals surface area contributed by atoms with Crippen LogP contribution in [0.1, 0.15) is 40.6 Å². The molecule has 1 aromatic heterocycles. The Morgan fingerprint density at radius 2 is 1.81 bits per heavy atom. The van der Waals surface area contributed by atoms with E-state index in [1.807, 2.05) is 28.8 Å². The molecule has 2 amide bonds. The molecule has 2 aromatic carbocycles. The van der Waals surface area contributed by atoms with E-state index >= 15 is 0 Å². The first kappa shape index (κ1) is 17.0. The molecule has 1 aliphatic rings. The number of anilines is 2. The largest absolute Gasteiger partial charge is 0.355 e. The third-order valence-corrected chi connectivity index (χ3v) is 4.65. The van der Waals surface area contributed by atoms with Crippen LogP contribution in [0.2, 0.25) is 0 Å². The van der Waals surface area contributed by atoms with Gasteiger partial charge in [0, 0.05) is 24.3 Å². The summed E-state index contributed by atoms with van der Waals surface area (Å²) in [5.41, 5.74) is 3.15. The Balaban J connectivity index is 1.71. The fourth-order valence-electron chi connectivity index (χ4n) is 3.22. The van der Waals surface area contributed by atoms with Crippen LogP contribution in [0.3, 0.4) is 0 Å². The first-order valence-electron chi connectivity index (χ1n) is 8.69. The molecule has 0 atom stereocenters. The van der Waals surface area contributed by atoms with Gasteiger partial charge in [0.1, 0.15) is 6.33 Å². The van der Waals surface area contributed by atoms with Gasteiger partial charge in [0.15, 0.2) is 5.82 Å². The summed E-state index contributed by atoms with van der Waals surface area (Å²) in [7, 11) is 1.49. The zero-order valence-electron chi connectivity index (χ0n) is 15.3. The summed E-state index contributed by atoms with van der Waals surface area (Å²) in [5.74, 6) is 0.198. The van der Waals surface area contributed by atoms with Crippen LogP contribution < -0.4 is 5.32 Å². The van der Waals surface area contributed by atoms with Gasteiger partial charge in [0.25, 0.3) is 11.8 Å². The van der Waals surface area contributed by atoms with Gasteiger partial charge in [-0.15, -0.1) is 10.2 Å². The fourth-order valence-corrected chi connectivity index (χ4v) is 3.22. The Hall–Kier alpha value is -3.48. The minimum Gasteiger partial charge on any atom is -0.355 e. The molecular formula is C20H19N5O2. The summed E-state index contributed by atoms with van der Waals surface area (Å²) < 4.78 is 2.00. The molecule has 0 saturated carbocycles. The third kappa shape index (κ3) is 2.77. The third-order valence-electron chi connectivity index (χ3n) is 4.65. The van der Waals surface area contributed by atoms with Gasteiger partial charge in [0.05, 0.1) is 16.8 Å². The fraction of sp³-hybridized carbons (Fsp3) is 0.200. The second-order valence-electron chi connectivity index (χ2n) is 6.76. The van der Waals surface area contributed by atoms with Crippen molar-refractivity contribution in [3.63, 3.8) is 0 Å². The lowest BCUT2D eigenvalue weighted by Gasteiger charge is -2.13. The summed E-state index contributed by atoms with van der Waals surface area (Å²) in [6, 6.07) is 13.2. The predicted octanol–water partition coefficient (Wildman–Crippen LogP) is 3.50. The van der Waals surface area contributed by atoms with Crippen LogP contribution in [0.15, 0.2) is 48.8 Å². The number of rotatable bonds is 4. The van der Waals surface area contributed by atoms with Crippen molar-refractivity contribution in [1.82, 2.24) is 19.7 Å². The number of aromatic nitrogens is 3. The van der Waals surface area contributed by atoms with Gasteiger partial charge >= 0.3 is 0 Å². The van der Waals surface area contributed by atoms with E-state index in [4.69, 9.17) is 0 Å². The summed E-state index contributed by atoms with van der Waals surface area (Å²) in [6.07, 6.45) is 1.71. The van der Waals surface area contributed by atoms with E-state index in [1.54, 1.807) is 24.5 Å². The maximum absolute atomic E-state index is 12.4. The van der Waals surface area contributed by atoms with Crippen LogP contribution in [0.5, 0.6) is 0 Å². The Bertz CT molecular complexity index is 1050. The van der Waals surface area contributed by atoms with Crippen LogP contribution in [0.4, 0.5) is 11.4 Å². The lowest BCUT2D eigenvalue weighted by atomic mass is 10.1. The van der Waals surface area contributed by atoms with E-state index in [0.717, 1.165) is 22.0 Å². The zero-order chi connectivity index (χ0) is 19.1. The van der Waals surface area contributed by atoms with Crippen molar-refractivity contribution in [3.8, 4) is 11.4 Å². The average molecular weight is 361 g/mol. The van der Waals surface area contributed by atoms with Crippen molar-refractivity contribution in [2.24, 2.45) is 0 Å². The first-order chi connectivity index (χ1) is 13.0. The van der Waals surface area contributed by atoms with Crippen LogP contribution in [-0.4, -0.2) is 38.5 Å².